The predicted molar refractivity (Wildman–Crippen MR) is 88.4 cm³/mol. The highest BCUT2D eigenvalue weighted by molar-refractivity contribution is 6.74. The lowest BCUT2D eigenvalue weighted by Crippen LogP contribution is -2.45. The Hall–Kier alpha value is -0.793. The molecule has 1 saturated carbocycles. The smallest absolute Gasteiger partial charge is 0.229 e. The number of terminal acetylenes is 1. The molecular formula is C17H29NO2Si. The van der Waals surface area contributed by atoms with Crippen molar-refractivity contribution in [2.75, 3.05) is 6.54 Å². The highest BCUT2D eigenvalue weighted by atomic mass is 28.4. The van der Waals surface area contributed by atoms with Crippen LogP contribution in [0.5, 0.6) is 0 Å². The van der Waals surface area contributed by atoms with E-state index in [1.165, 1.54) is 0 Å². The van der Waals surface area contributed by atoms with Crippen LogP contribution in [0.15, 0.2) is 0 Å². The molecule has 4 heteroatoms. The molecule has 0 aromatic heterocycles. The van der Waals surface area contributed by atoms with Gasteiger partial charge >= 0.3 is 0 Å². The van der Waals surface area contributed by atoms with Crippen LogP contribution >= 0.6 is 0 Å². The van der Waals surface area contributed by atoms with E-state index in [2.05, 4.69) is 39.8 Å². The summed E-state index contributed by atoms with van der Waals surface area (Å²) in [4.78, 5) is 14.5. The van der Waals surface area contributed by atoms with Crippen LogP contribution in [0.3, 0.4) is 0 Å². The second-order valence-electron chi connectivity index (χ2n) is 8.44. The molecule has 0 spiro atoms. The Bertz CT molecular complexity index is 468. The lowest BCUT2D eigenvalue weighted by atomic mass is 10.1. The van der Waals surface area contributed by atoms with Crippen LogP contribution < -0.4 is 0 Å². The van der Waals surface area contributed by atoms with Gasteiger partial charge < -0.3 is 9.33 Å². The fraction of sp³-hybridized carbons (Fsp3) is 0.824. The summed E-state index contributed by atoms with van der Waals surface area (Å²) in [5, 5.41) is 0.179. The van der Waals surface area contributed by atoms with Crippen molar-refractivity contribution >= 4 is 14.2 Å². The van der Waals surface area contributed by atoms with E-state index in [-0.39, 0.29) is 28.5 Å². The van der Waals surface area contributed by atoms with Crippen molar-refractivity contribution in [2.45, 2.75) is 77.2 Å². The van der Waals surface area contributed by atoms with E-state index in [4.69, 9.17) is 10.8 Å². The van der Waals surface area contributed by atoms with E-state index < -0.39 is 8.32 Å². The monoisotopic (exact) mass is 307 g/mol. The Morgan fingerprint density at radius 1 is 1.38 bits per heavy atom. The third kappa shape index (κ3) is 3.19. The van der Waals surface area contributed by atoms with Crippen LogP contribution in [0.1, 0.15) is 47.0 Å². The normalized spacial score (nSPS) is 28.3. The van der Waals surface area contributed by atoms with Gasteiger partial charge in [-0.2, -0.15) is 0 Å². The lowest BCUT2D eigenvalue weighted by molar-refractivity contribution is -0.136. The summed E-state index contributed by atoms with van der Waals surface area (Å²) < 4.78 is 6.46. The van der Waals surface area contributed by atoms with Crippen LogP contribution in [-0.4, -0.2) is 37.8 Å². The summed E-state index contributed by atoms with van der Waals surface area (Å²) in [6.07, 6.45) is 8.51. The first-order valence-corrected chi connectivity index (χ1v) is 10.9. The number of rotatable bonds is 3. The molecule has 2 atom stereocenters. The molecule has 118 valence electrons. The van der Waals surface area contributed by atoms with Gasteiger partial charge in [0.2, 0.25) is 5.91 Å². The minimum absolute atomic E-state index is 0.0929. The Kier molecular flexibility index (Phi) is 4.05. The van der Waals surface area contributed by atoms with E-state index in [0.29, 0.717) is 6.54 Å². The van der Waals surface area contributed by atoms with Crippen LogP contribution in [0, 0.1) is 17.8 Å². The summed E-state index contributed by atoms with van der Waals surface area (Å²) >= 11 is 0. The first kappa shape index (κ1) is 16.6. The Labute approximate surface area is 130 Å². The molecule has 3 nitrogen and oxygen atoms in total. The Balaban J connectivity index is 2.06. The molecule has 1 saturated heterocycles. The summed E-state index contributed by atoms with van der Waals surface area (Å²) in [6, 6.07) is -0.0929. The van der Waals surface area contributed by atoms with Gasteiger partial charge in [0.1, 0.15) is 0 Å². The van der Waals surface area contributed by atoms with Crippen molar-refractivity contribution in [1.82, 2.24) is 4.90 Å². The molecule has 0 bridgehead atoms. The first-order valence-electron chi connectivity index (χ1n) is 7.95. The molecule has 1 aliphatic heterocycles. The van der Waals surface area contributed by atoms with Gasteiger partial charge in [-0.25, -0.2) is 0 Å². The van der Waals surface area contributed by atoms with E-state index in [1.807, 2.05) is 11.8 Å². The quantitative estimate of drug-likeness (QED) is 0.591. The molecule has 1 amide bonds. The van der Waals surface area contributed by atoms with Gasteiger partial charge in [0.05, 0.1) is 12.1 Å². The van der Waals surface area contributed by atoms with Crippen molar-refractivity contribution in [3.05, 3.63) is 0 Å². The maximum absolute atomic E-state index is 12.6. The summed E-state index contributed by atoms with van der Waals surface area (Å²) in [5.41, 5.74) is -0.152. The van der Waals surface area contributed by atoms with Gasteiger partial charge in [-0.05, 0) is 31.0 Å². The van der Waals surface area contributed by atoms with Gasteiger partial charge in [0.15, 0.2) is 8.32 Å². The number of amides is 1. The SMILES string of the molecule is C#C[C@H]1C[C@H](O[Si](C)(C)C(C)(C)C)CN1C(=O)C1(C)CC1. The number of nitrogens with zero attached hydrogens (tertiary/aromatic N) is 1. The summed E-state index contributed by atoms with van der Waals surface area (Å²) in [6.45, 7) is 13.9. The Morgan fingerprint density at radius 2 is 1.95 bits per heavy atom. The fourth-order valence-electron chi connectivity index (χ4n) is 2.61. The second kappa shape index (κ2) is 5.14. The van der Waals surface area contributed by atoms with Crippen LogP contribution in [0.25, 0.3) is 0 Å². The molecule has 1 aliphatic carbocycles. The minimum Gasteiger partial charge on any atom is -0.412 e. The van der Waals surface area contributed by atoms with Gasteiger partial charge in [-0.3, -0.25) is 4.79 Å². The van der Waals surface area contributed by atoms with Gasteiger partial charge in [-0.15, -0.1) is 6.42 Å². The molecule has 1 heterocycles. The van der Waals surface area contributed by atoms with Crippen molar-refractivity contribution in [2.24, 2.45) is 5.41 Å². The lowest BCUT2D eigenvalue weighted by Gasteiger charge is -2.38. The van der Waals surface area contributed by atoms with E-state index >= 15 is 0 Å². The zero-order chi connectivity index (χ0) is 16.1. The zero-order valence-corrected chi connectivity index (χ0v) is 15.3. The van der Waals surface area contributed by atoms with Gasteiger partial charge in [0.25, 0.3) is 0 Å². The molecule has 2 aliphatic rings. The highest BCUT2D eigenvalue weighted by Crippen LogP contribution is 2.48. The molecule has 0 radical (unpaired) electrons. The van der Waals surface area contributed by atoms with Crippen LogP contribution in [0.2, 0.25) is 18.1 Å². The molecule has 0 N–H and O–H groups in total. The number of hydrogen-bond acceptors (Lipinski definition) is 2. The number of hydrogen-bond donors (Lipinski definition) is 0. The fourth-order valence-corrected chi connectivity index (χ4v) is 3.96. The Morgan fingerprint density at radius 3 is 2.38 bits per heavy atom. The number of carbonyl (C=O) groups excluding carboxylic acids is 1. The standard InChI is InChI=1S/C17H29NO2Si/c1-8-13-11-14(20-21(6,7)16(2,3)4)12-18(13)15(19)17(5)9-10-17/h1,13-14H,9-12H2,2-7H3/t13-,14-/m0/s1. The maximum Gasteiger partial charge on any atom is 0.229 e. The van der Waals surface area contributed by atoms with Crippen LogP contribution in [-0.2, 0) is 9.22 Å². The van der Waals surface area contributed by atoms with E-state index in [9.17, 15) is 4.79 Å². The second-order valence-corrected chi connectivity index (χ2v) is 13.2. The van der Waals surface area contributed by atoms with E-state index in [1.54, 1.807) is 0 Å². The average Bonchev–Trinajstić information content (AvgIpc) is 2.97. The zero-order valence-electron chi connectivity index (χ0n) is 14.3. The predicted octanol–water partition coefficient (Wildman–Crippen LogP) is 3.41. The summed E-state index contributed by atoms with van der Waals surface area (Å²) in [7, 11) is -1.81. The highest BCUT2D eigenvalue weighted by Gasteiger charge is 2.51. The number of carbonyl (C=O) groups is 1. The molecule has 0 aromatic rings. The molecule has 0 aromatic carbocycles. The molecule has 21 heavy (non-hydrogen) atoms. The van der Waals surface area contributed by atoms with Gasteiger partial charge in [0, 0.05) is 18.4 Å². The molecule has 0 unspecified atom stereocenters. The van der Waals surface area contributed by atoms with Crippen molar-refractivity contribution in [3.63, 3.8) is 0 Å². The molecular weight excluding hydrogens is 278 g/mol. The van der Waals surface area contributed by atoms with Crippen molar-refractivity contribution in [1.29, 1.82) is 0 Å². The van der Waals surface area contributed by atoms with Crippen molar-refractivity contribution in [3.8, 4) is 12.3 Å². The van der Waals surface area contributed by atoms with Gasteiger partial charge in [-0.1, -0.05) is 33.6 Å². The largest absolute Gasteiger partial charge is 0.412 e. The molecule has 2 rings (SSSR count). The third-order valence-corrected chi connectivity index (χ3v) is 10.0. The topological polar surface area (TPSA) is 29.5 Å². The maximum atomic E-state index is 12.6. The van der Waals surface area contributed by atoms with Crippen molar-refractivity contribution < 1.29 is 9.22 Å². The molecule has 2 fully saturated rings. The average molecular weight is 308 g/mol. The first-order chi connectivity index (χ1) is 9.50. The number of likely N-dealkylation sites (tertiary alicyclic amines) is 1. The minimum atomic E-state index is -1.81. The third-order valence-electron chi connectivity index (χ3n) is 5.50. The summed E-state index contributed by atoms with van der Waals surface area (Å²) in [5.74, 6) is 3.02. The van der Waals surface area contributed by atoms with Crippen LogP contribution in [0.4, 0.5) is 0 Å². The van der Waals surface area contributed by atoms with E-state index in [0.717, 1.165) is 19.3 Å².